The first-order valence-corrected chi connectivity index (χ1v) is 5.12. The molecule has 13 heavy (non-hydrogen) atoms. The summed E-state index contributed by atoms with van der Waals surface area (Å²) in [7, 11) is 0. The van der Waals surface area contributed by atoms with E-state index in [0.29, 0.717) is 18.4 Å². The number of fused-ring (bicyclic) bond motifs is 3. The second-order valence-corrected chi connectivity index (χ2v) is 4.59. The Bertz CT molecular complexity index is 221. The highest BCUT2D eigenvalue weighted by Gasteiger charge is 2.51. The number of carboxylic acids is 1. The molecule has 0 spiro atoms. The van der Waals surface area contributed by atoms with Crippen LogP contribution in [0.4, 0.5) is 0 Å². The number of nitrogens with two attached hydrogens (primary N) is 1. The van der Waals surface area contributed by atoms with Crippen molar-refractivity contribution in [2.24, 2.45) is 23.0 Å². The molecule has 0 saturated heterocycles. The number of hydrogen-bond donors (Lipinski definition) is 2. The predicted octanol–water partition coefficient (Wildman–Crippen LogP) is 1.23. The maximum atomic E-state index is 11.2. The highest BCUT2D eigenvalue weighted by atomic mass is 16.4. The molecule has 2 bridgehead atoms. The van der Waals surface area contributed by atoms with Crippen LogP contribution in [-0.4, -0.2) is 17.6 Å². The summed E-state index contributed by atoms with van der Waals surface area (Å²) in [6.07, 6.45) is 5.42. The summed E-state index contributed by atoms with van der Waals surface area (Å²) in [6, 6.07) is 0. The smallest absolute Gasteiger partial charge is 0.311 e. The van der Waals surface area contributed by atoms with Crippen LogP contribution in [0.15, 0.2) is 0 Å². The Kier molecular flexibility index (Phi) is 2.06. The molecule has 3 aliphatic carbocycles. The molecule has 0 amide bonds. The van der Waals surface area contributed by atoms with Crippen molar-refractivity contribution in [2.45, 2.75) is 32.1 Å². The summed E-state index contributed by atoms with van der Waals surface area (Å²) in [5, 5.41) is 9.23. The van der Waals surface area contributed by atoms with Crippen molar-refractivity contribution in [3.8, 4) is 0 Å². The Balaban J connectivity index is 2.25. The van der Waals surface area contributed by atoms with Gasteiger partial charge in [0.15, 0.2) is 0 Å². The Morgan fingerprint density at radius 2 is 2.00 bits per heavy atom. The van der Waals surface area contributed by atoms with Gasteiger partial charge in [-0.1, -0.05) is 12.8 Å². The van der Waals surface area contributed by atoms with Crippen molar-refractivity contribution >= 4 is 5.97 Å². The van der Waals surface area contributed by atoms with Crippen molar-refractivity contribution in [1.29, 1.82) is 0 Å². The molecule has 0 aliphatic heterocycles. The second kappa shape index (κ2) is 2.98. The number of carboxylic acid groups (broad SMARTS) is 1. The zero-order chi connectivity index (χ0) is 9.47. The summed E-state index contributed by atoms with van der Waals surface area (Å²) in [5.41, 5.74) is 5.08. The average Bonchev–Trinajstić information content (AvgIpc) is 2.19. The van der Waals surface area contributed by atoms with Gasteiger partial charge in [0.05, 0.1) is 5.41 Å². The lowest BCUT2D eigenvalue weighted by Gasteiger charge is -2.48. The van der Waals surface area contributed by atoms with Crippen LogP contribution in [0.1, 0.15) is 32.1 Å². The van der Waals surface area contributed by atoms with E-state index < -0.39 is 11.4 Å². The van der Waals surface area contributed by atoms with Crippen LogP contribution < -0.4 is 5.73 Å². The lowest BCUT2D eigenvalue weighted by Crippen LogP contribution is -2.51. The first-order chi connectivity index (χ1) is 6.19. The largest absolute Gasteiger partial charge is 0.481 e. The standard InChI is InChI=1S/C10H17NO2/c11-6-10(9(12)13)5-7-1-3-8(10)4-2-7/h7-8H,1-6,11H2,(H,12,13). The van der Waals surface area contributed by atoms with Gasteiger partial charge in [-0.2, -0.15) is 0 Å². The maximum Gasteiger partial charge on any atom is 0.311 e. The molecule has 0 aromatic carbocycles. The van der Waals surface area contributed by atoms with Crippen LogP contribution in [0.3, 0.4) is 0 Å². The van der Waals surface area contributed by atoms with Gasteiger partial charge >= 0.3 is 5.97 Å². The van der Waals surface area contributed by atoms with Gasteiger partial charge in [-0.05, 0) is 31.1 Å². The van der Waals surface area contributed by atoms with E-state index in [1.165, 1.54) is 12.8 Å². The number of aliphatic carboxylic acids is 1. The fourth-order valence-corrected chi connectivity index (χ4v) is 3.20. The first-order valence-electron chi connectivity index (χ1n) is 5.12. The topological polar surface area (TPSA) is 63.3 Å². The van der Waals surface area contributed by atoms with Crippen molar-refractivity contribution < 1.29 is 9.90 Å². The molecule has 3 N–H and O–H groups in total. The molecule has 3 saturated carbocycles. The molecule has 3 heteroatoms. The monoisotopic (exact) mass is 183 g/mol. The highest BCUT2D eigenvalue weighted by molar-refractivity contribution is 5.75. The number of hydrogen-bond acceptors (Lipinski definition) is 2. The Morgan fingerprint density at radius 1 is 1.38 bits per heavy atom. The Morgan fingerprint density at radius 3 is 2.23 bits per heavy atom. The average molecular weight is 183 g/mol. The Hall–Kier alpha value is -0.570. The fraction of sp³-hybridized carbons (Fsp3) is 0.900. The number of rotatable bonds is 2. The predicted molar refractivity (Wildman–Crippen MR) is 49.2 cm³/mol. The van der Waals surface area contributed by atoms with Gasteiger partial charge in [0.2, 0.25) is 0 Å². The van der Waals surface area contributed by atoms with Crippen LogP contribution in [0.2, 0.25) is 0 Å². The van der Waals surface area contributed by atoms with Gasteiger partial charge in [0.25, 0.3) is 0 Å². The zero-order valence-electron chi connectivity index (χ0n) is 7.83. The van der Waals surface area contributed by atoms with E-state index in [0.717, 1.165) is 19.3 Å². The molecule has 3 aliphatic rings. The van der Waals surface area contributed by atoms with E-state index in [4.69, 9.17) is 5.73 Å². The fourth-order valence-electron chi connectivity index (χ4n) is 3.20. The molecular weight excluding hydrogens is 166 g/mol. The Labute approximate surface area is 78.3 Å². The van der Waals surface area contributed by atoms with Crippen LogP contribution in [0.25, 0.3) is 0 Å². The van der Waals surface area contributed by atoms with Crippen LogP contribution in [-0.2, 0) is 4.79 Å². The van der Waals surface area contributed by atoms with Crippen molar-refractivity contribution in [3.05, 3.63) is 0 Å². The van der Waals surface area contributed by atoms with E-state index in [2.05, 4.69) is 0 Å². The number of carbonyl (C=O) groups is 1. The summed E-state index contributed by atoms with van der Waals surface area (Å²) >= 11 is 0. The van der Waals surface area contributed by atoms with E-state index in [9.17, 15) is 9.90 Å². The van der Waals surface area contributed by atoms with E-state index in [-0.39, 0.29) is 0 Å². The minimum absolute atomic E-state index is 0.323. The molecule has 3 nitrogen and oxygen atoms in total. The summed E-state index contributed by atoms with van der Waals surface area (Å²) in [4.78, 5) is 11.2. The summed E-state index contributed by atoms with van der Waals surface area (Å²) < 4.78 is 0. The quantitative estimate of drug-likeness (QED) is 0.676. The molecule has 1 atom stereocenters. The molecular formula is C10H17NO2. The van der Waals surface area contributed by atoms with E-state index in [1.54, 1.807) is 0 Å². The van der Waals surface area contributed by atoms with Crippen LogP contribution >= 0.6 is 0 Å². The van der Waals surface area contributed by atoms with Gasteiger partial charge in [0, 0.05) is 6.54 Å². The molecule has 3 fully saturated rings. The van der Waals surface area contributed by atoms with E-state index >= 15 is 0 Å². The van der Waals surface area contributed by atoms with Gasteiger partial charge < -0.3 is 10.8 Å². The molecule has 74 valence electrons. The summed E-state index contributed by atoms with van der Waals surface area (Å²) in [5.74, 6) is 0.314. The lowest BCUT2D eigenvalue weighted by atomic mass is 9.56. The third-order valence-electron chi connectivity index (χ3n) is 4.07. The van der Waals surface area contributed by atoms with Gasteiger partial charge in [-0.15, -0.1) is 0 Å². The van der Waals surface area contributed by atoms with Gasteiger partial charge in [0.1, 0.15) is 0 Å². The van der Waals surface area contributed by atoms with Crippen LogP contribution in [0.5, 0.6) is 0 Å². The second-order valence-electron chi connectivity index (χ2n) is 4.59. The molecule has 1 unspecified atom stereocenters. The minimum Gasteiger partial charge on any atom is -0.481 e. The minimum atomic E-state index is -0.663. The molecule has 0 aromatic heterocycles. The zero-order valence-corrected chi connectivity index (χ0v) is 7.83. The molecule has 0 heterocycles. The maximum absolute atomic E-state index is 11.2. The summed E-state index contributed by atoms with van der Waals surface area (Å²) in [6.45, 7) is 0.323. The molecule has 3 rings (SSSR count). The molecule has 0 radical (unpaired) electrons. The third kappa shape index (κ3) is 1.17. The van der Waals surface area contributed by atoms with Crippen molar-refractivity contribution in [1.82, 2.24) is 0 Å². The first kappa shape index (κ1) is 9.00. The SMILES string of the molecule is NCC1(C(=O)O)CC2CCC1CC2. The lowest BCUT2D eigenvalue weighted by molar-refractivity contribution is -0.159. The van der Waals surface area contributed by atoms with Gasteiger partial charge in [-0.25, -0.2) is 0 Å². The van der Waals surface area contributed by atoms with Crippen LogP contribution in [0, 0.1) is 17.3 Å². The normalized spacial score (nSPS) is 43.5. The van der Waals surface area contributed by atoms with Crippen molar-refractivity contribution in [2.75, 3.05) is 6.54 Å². The highest BCUT2D eigenvalue weighted by Crippen LogP contribution is 2.52. The van der Waals surface area contributed by atoms with E-state index in [1.807, 2.05) is 0 Å². The third-order valence-corrected chi connectivity index (χ3v) is 4.07. The molecule has 0 aromatic rings. The van der Waals surface area contributed by atoms with Crippen molar-refractivity contribution in [3.63, 3.8) is 0 Å². The van der Waals surface area contributed by atoms with Gasteiger partial charge in [-0.3, -0.25) is 4.79 Å².